The minimum absolute atomic E-state index is 0.0181. The molecule has 1 aromatic heterocycles. The van der Waals surface area contributed by atoms with Crippen LogP contribution >= 0.6 is 11.6 Å². The highest BCUT2D eigenvalue weighted by atomic mass is 35.5. The molecule has 116 valence electrons. The molecule has 2 aromatic rings. The number of halogens is 1. The van der Waals surface area contributed by atoms with E-state index in [9.17, 15) is 9.90 Å². The Balaban J connectivity index is 1.95. The number of hydrogen-bond acceptors (Lipinski definition) is 4. The number of piperidine rings is 1. The molecule has 4 rings (SSSR count). The van der Waals surface area contributed by atoms with Crippen molar-refractivity contribution in [3.63, 3.8) is 0 Å². The first-order valence-corrected chi connectivity index (χ1v) is 8.14. The summed E-state index contributed by atoms with van der Waals surface area (Å²) in [6, 6.07) is 3.79. The minimum Gasteiger partial charge on any atom is -0.392 e. The molecule has 0 bridgehead atoms. The molecule has 2 aliphatic heterocycles. The number of benzene rings is 1. The number of nitrogens with zero attached hydrogens (tertiary/aromatic N) is 2. The molecule has 22 heavy (non-hydrogen) atoms. The second-order valence-electron chi connectivity index (χ2n) is 6.14. The molecule has 0 spiro atoms. The van der Waals surface area contributed by atoms with E-state index in [2.05, 4.69) is 5.32 Å². The van der Waals surface area contributed by atoms with Gasteiger partial charge in [0.05, 0.1) is 17.5 Å². The van der Waals surface area contributed by atoms with Crippen molar-refractivity contribution in [1.29, 1.82) is 0 Å². The average Bonchev–Trinajstić information content (AvgIpc) is 2.55. The van der Waals surface area contributed by atoms with E-state index in [-0.39, 0.29) is 12.2 Å². The third kappa shape index (κ3) is 2.07. The molecular weight excluding hydrogens is 302 g/mol. The first-order valence-electron chi connectivity index (χ1n) is 7.76. The first kappa shape index (κ1) is 14.2. The van der Waals surface area contributed by atoms with E-state index in [0.717, 1.165) is 31.6 Å². The molecule has 6 heteroatoms. The normalized spacial score (nSPS) is 24.1. The lowest BCUT2D eigenvalue weighted by molar-refractivity contribution is 0.271. The van der Waals surface area contributed by atoms with Crippen LogP contribution in [0.4, 0.5) is 0 Å². The van der Waals surface area contributed by atoms with Crippen LogP contribution in [0.25, 0.3) is 10.9 Å². The van der Waals surface area contributed by atoms with Gasteiger partial charge < -0.3 is 10.4 Å². The molecule has 1 saturated heterocycles. The Morgan fingerprint density at radius 1 is 1.41 bits per heavy atom. The van der Waals surface area contributed by atoms with Gasteiger partial charge in [-0.3, -0.25) is 9.36 Å². The third-order valence-corrected chi connectivity index (χ3v) is 5.25. The smallest absolute Gasteiger partial charge is 0.261 e. The minimum atomic E-state index is -0.150. The van der Waals surface area contributed by atoms with E-state index in [0.29, 0.717) is 40.0 Å². The van der Waals surface area contributed by atoms with Gasteiger partial charge in [0.25, 0.3) is 5.56 Å². The topological polar surface area (TPSA) is 67.1 Å². The predicted octanol–water partition coefficient (Wildman–Crippen LogP) is 1.78. The van der Waals surface area contributed by atoms with Gasteiger partial charge in [-0.1, -0.05) is 11.6 Å². The van der Waals surface area contributed by atoms with Gasteiger partial charge in [-0.05, 0) is 43.5 Å². The lowest BCUT2D eigenvalue weighted by atomic mass is 9.85. The number of aliphatic hydroxyl groups excluding tert-OH is 1. The fraction of sp³-hybridized carbons (Fsp3) is 0.500. The second-order valence-corrected chi connectivity index (χ2v) is 6.55. The van der Waals surface area contributed by atoms with Crippen molar-refractivity contribution in [3.05, 3.63) is 38.9 Å². The van der Waals surface area contributed by atoms with Crippen molar-refractivity contribution in [2.24, 2.45) is 0 Å². The van der Waals surface area contributed by atoms with Crippen molar-refractivity contribution in [2.75, 3.05) is 6.54 Å². The number of hydrogen-bond donors (Lipinski definition) is 2. The second kappa shape index (κ2) is 5.33. The molecular formula is C16H18ClN3O2. The van der Waals surface area contributed by atoms with Crippen LogP contribution < -0.4 is 10.9 Å². The summed E-state index contributed by atoms with van der Waals surface area (Å²) >= 11 is 6.12. The highest BCUT2D eigenvalue weighted by molar-refractivity contribution is 6.32. The first-order chi connectivity index (χ1) is 10.7. The predicted molar refractivity (Wildman–Crippen MR) is 85.3 cm³/mol. The van der Waals surface area contributed by atoms with Crippen LogP contribution in [0.2, 0.25) is 5.02 Å². The van der Waals surface area contributed by atoms with Crippen molar-refractivity contribution >= 4 is 22.5 Å². The van der Waals surface area contributed by atoms with E-state index in [4.69, 9.17) is 16.6 Å². The Kier molecular flexibility index (Phi) is 3.44. The molecule has 0 radical (unpaired) electrons. The van der Waals surface area contributed by atoms with E-state index in [1.54, 1.807) is 12.1 Å². The highest BCUT2D eigenvalue weighted by Crippen LogP contribution is 2.33. The lowest BCUT2D eigenvalue weighted by Crippen LogP contribution is -2.47. The summed E-state index contributed by atoms with van der Waals surface area (Å²) in [5.41, 5.74) is 1.23. The average molecular weight is 320 g/mol. The molecule has 2 aliphatic rings. The van der Waals surface area contributed by atoms with Crippen LogP contribution in [0.3, 0.4) is 0 Å². The molecule has 2 atom stereocenters. The van der Waals surface area contributed by atoms with E-state index >= 15 is 0 Å². The maximum absolute atomic E-state index is 12.8. The molecule has 3 heterocycles. The zero-order valence-electron chi connectivity index (χ0n) is 12.2. The highest BCUT2D eigenvalue weighted by Gasteiger charge is 2.33. The SMILES string of the molecule is O=c1c2cc(Cl)c(CO)cc2nc2n1CC[C@H]1NCCC[C@H]21. The number of fused-ring (bicyclic) bond motifs is 4. The van der Waals surface area contributed by atoms with Gasteiger partial charge in [-0.15, -0.1) is 0 Å². The Bertz CT molecular complexity index is 802. The van der Waals surface area contributed by atoms with Crippen molar-refractivity contribution in [1.82, 2.24) is 14.9 Å². The van der Waals surface area contributed by atoms with Gasteiger partial charge in [0.15, 0.2) is 0 Å². The Labute approximate surface area is 132 Å². The van der Waals surface area contributed by atoms with Crippen LogP contribution in [-0.2, 0) is 13.2 Å². The van der Waals surface area contributed by atoms with E-state index in [1.165, 1.54) is 0 Å². The Morgan fingerprint density at radius 2 is 2.27 bits per heavy atom. The summed E-state index contributed by atoms with van der Waals surface area (Å²) in [7, 11) is 0. The quantitative estimate of drug-likeness (QED) is 0.841. The summed E-state index contributed by atoms with van der Waals surface area (Å²) in [4.78, 5) is 17.5. The maximum Gasteiger partial charge on any atom is 0.261 e. The van der Waals surface area contributed by atoms with Gasteiger partial charge in [-0.2, -0.15) is 0 Å². The number of aliphatic hydroxyl groups is 1. The molecule has 5 nitrogen and oxygen atoms in total. The molecule has 1 aromatic carbocycles. The fourth-order valence-electron chi connectivity index (χ4n) is 3.76. The van der Waals surface area contributed by atoms with E-state index in [1.807, 2.05) is 4.57 Å². The zero-order chi connectivity index (χ0) is 15.3. The zero-order valence-corrected chi connectivity index (χ0v) is 12.9. The molecule has 0 saturated carbocycles. The lowest BCUT2D eigenvalue weighted by Gasteiger charge is -2.37. The van der Waals surface area contributed by atoms with Gasteiger partial charge >= 0.3 is 0 Å². The van der Waals surface area contributed by atoms with Gasteiger partial charge in [0.1, 0.15) is 5.82 Å². The van der Waals surface area contributed by atoms with E-state index < -0.39 is 0 Å². The molecule has 2 N–H and O–H groups in total. The van der Waals surface area contributed by atoms with Crippen LogP contribution in [0, 0.1) is 0 Å². The van der Waals surface area contributed by atoms with Crippen LogP contribution in [0.5, 0.6) is 0 Å². The summed E-state index contributed by atoms with van der Waals surface area (Å²) in [6.07, 6.45) is 3.14. The molecule has 1 fully saturated rings. The van der Waals surface area contributed by atoms with Crippen LogP contribution in [-0.4, -0.2) is 27.2 Å². The number of rotatable bonds is 1. The molecule has 0 aliphatic carbocycles. The summed E-state index contributed by atoms with van der Waals surface area (Å²) in [6.45, 7) is 1.59. The summed E-state index contributed by atoms with van der Waals surface area (Å²) in [5.74, 6) is 1.18. The number of nitrogens with one attached hydrogen (secondary N) is 1. The standard InChI is InChI=1S/C16H18ClN3O2/c17-12-7-11-14(6-9(12)8-21)19-15-10-2-1-4-18-13(10)3-5-20(15)16(11)22/h6-7,10,13,18,21H,1-5,8H2/t10-,13+/m0/s1. The monoisotopic (exact) mass is 319 g/mol. The van der Waals surface area contributed by atoms with Crippen molar-refractivity contribution in [2.45, 2.75) is 44.4 Å². The summed E-state index contributed by atoms with van der Waals surface area (Å²) < 4.78 is 1.81. The van der Waals surface area contributed by atoms with Crippen molar-refractivity contribution < 1.29 is 5.11 Å². The van der Waals surface area contributed by atoms with Gasteiger partial charge in [-0.25, -0.2) is 4.98 Å². The summed E-state index contributed by atoms with van der Waals surface area (Å²) in [5, 5.41) is 13.9. The Morgan fingerprint density at radius 3 is 3.09 bits per heavy atom. The van der Waals surface area contributed by atoms with Gasteiger partial charge in [0, 0.05) is 23.5 Å². The van der Waals surface area contributed by atoms with Crippen LogP contribution in [0.1, 0.15) is 36.6 Å². The third-order valence-electron chi connectivity index (χ3n) is 4.90. The number of aromatic nitrogens is 2. The molecule has 0 unspecified atom stereocenters. The van der Waals surface area contributed by atoms with Crippen molar-refractivity contribution in [3.8, 4) is 0 Å². The Hall–Kier alpha value is -1.43. The van der Waals surface area contributed by atoms with Crippen LogP contribution in [0.15, 0.2) is 16.9 Å². The molecule has 0 amide bonds. The largest absolute Gasteiger partial charge is 0.392 e. The van der Waals surface area contributed by atoms with Gasteiger partial charge in [0.2, 0.25) is 0 Å². The maximum atomic E-state index is 12.8. The fourth-order valence-corrected chi connectivity index (χ4v) is 3.98.